The molecule has 0 saturated heterocycles. The molecule has 0 atom stereocenters. The van der Waals surface area contributed by atoms with Crippen LogP contribution in [0.15, 0.2) is 24.3 Å². The number of benzene rings is 1. The van der Waals surface area contributed by atoms with E-state index in [0.29, 0.717) is 11.5 Å². The van der Waals surface area contributed by atoms with Gasteiger partial charge in [-0.2, -0.15) is 0 Å². The molecule has 68 valence electrons. The molecule has 1 heterocycles. The van der Waals surface area contributed by atoms with E-state index in [0.717, 1.165) is 0 Å². The van der Waals surface area contributed by atoms with Crippen molar-refractivity contribution >= 4 is 6.09 Å². The zero-order chi connectivity index (χ0) is 9.26. The van der Waals surface area contributed by atoms with Crippen molar-refractivity contribution in [2.24, 2.45) is 5.73 Å². The van der Waals surface area contributed by atoms with E-state index in [1.165, 1.54) is 0 Å². The largest absolute Gasteiger partial charge is 0.419 e. The number of primary amides is 1. The number of ether oxygens (including phenoxy) is 3. The van der Waals surface area contributed by atoms with Gasteiger partial charge >= 0.3 is 12.6 Å². The summed E-state index contributed by atoms with van der Waals surface area (Å²) in [5.74, 6) is 1.07. The number of nitrogens with two attached hydrogens (primary N) is 1. The molecule has 0 fully saturated rings. The lowest BCUT2D eigenvalue weighted by atomic mass is 10.3. The molecule has 2 rings (SSSR count). The third-order valence-electron chi connectivity index (χ3n) is 1.51. The van der Waals surface area contributed by atoms with E-state index in [1.54, 1.807) is 24.3 Å². The summed E-state index contributed by atoms with van der Waals surface area (Å²) in [6, 6.07) is 6.99. The molecule has 5 nitrogen and oxygen atoms in total. The van der Waals surface area contributed by atoms with Crippen LogP contribution in [0.5, 0.6) is 11.5 Å². The van der Waals surface area contributed by atoms with E-state index in [4.69, 9.17) is 15.2 Å². The molecule has 0 spiro atoms. The fraction of sp³-hybridized carbons (Fsp3) is 0.125. The number of hydrogen-bond donors (Lipinski definition) is 1. The second-order valence-corrected chi connectivity index (χ2v) is 2.41. The third-order valence-corrected chi connectivity index (χ3v) is 1.51. The number of fused-ring (bicyclic) bond motifs is 1. The topological polar surface area (TPSA) is 70.8 Å². The highest BCUT2D eigenvalue weighted by Crippen LogP contribution is 2.33. The first-order chi connectivity index (χ1) is 6.25. The summed E-state index contributed by atoms with van der Waals surface area (Å²) >= 11 is 0. The summed E-state index contributed by atoms with van der Waals surface area (Å²) in [6.45, 7) is -1.06. The van der Waals surface area contributed by atoms with Crippen molar-refractivity contribution in [3.63, 3.8) is 0 Å². The maximum absolute atomic E-state index is 10.3. The van der Waals surface area contributed by atoms with Gasteiger partial charge in [0.15, 0.2) is 11.5 Å². The molecule has 1 aliphatic rings. The van der Waals surface area contributed by atoms with Crippen LogP contribution in [0.25, 0.3) is 0 Å². The SMILES string of the molecule is NC(=O)OC1Oc2ccccc2O1. The van der Waals surface area contributed by atoms with E-state index >= 15 is 0 Å². The molecule has 0 bridgehead atoms. The smallest absolute Gasteiger partial charge is 0.410 e. The molecule has 0 aromatic heterocycles. The molecule has 0 saturated carbocycles. The van der Waals surface area contributed by atoms with Crippen LogP contribution in [0.1, 0.15) is 0 Å². The highest BCUT2D eigenvalue weighted by molar-refractivity contribution is 5.64. The first-order valence-electron chi connectivity index (χ1n) is 3.64. The minimum absolute atomic E-state index is 0.536. The van der Waals surface area contributed by atoms with Crippen molar-refractivity contribution in [3.8, 4) is 11.5 Å². The van der Waals surface area contributed by atoms with Gasteiger partial charge in [-0.25, -0.2) is 4.79 Å². The lowest BCUT2D eigenvalue weighted by molar-refractivity contribution is -0.133. The Morgan fingerprint density at radius 2 is 1.85 bits per heavy atom. The summed E-state index contributed by atoms with van der Waals surface area (Å²) in [5, 5.41) is 0. The van der Waals surface area contributed by atoms with E-state index in [9.17, 15) is 4.79 Å². The predicted molar refractivity (Wildman–Crippen MR) is 42.2 cm³/mol. The molecule has 1 aromatic rings. The fourth-order valence-electron chi connectivity index (χ4n) is 1.02. The van der Waals surface area contributed by atoms with Gasteiger partial charge in [0.25, 0.3) is 0 Å². The van der Waals surface area contributed by atoms with Gasteiger partial charge in [-0.05, 0) is 12.1 Å². The number of para-hydroxylation sites is 2. The Morgan fingerprint density at radius 1 is 1.31 bits per heavy atom. The van der Waals surface area contributed by atoms with Crippen molar-refractivity contribution in [2.45, 2.75) is 6.48 Å². The summed E-state index contributed by atoms with van der Waals surface area (Å²) in [7, 11) is 0. The lowest BCUT2D eigenvalue weighted by Crippen LogP contribution is -2.28. The number of hydrogen-bond acceptors (Lipinski definition) is 4. The minimum atomic E-state index is -1.06. The Bertz CT molecular complexity index is 314. The molecular weight excluding hydrogens is 174 g/mol. The summed E-state index contributed by atoms with van der Waals surface area (Å²) in [4.78, 5) is 10.3. The molecule has 0 aliphatic carbocycles. The zero-order valence-electron chi connectivity index (χ0n) is 6.60. The van der Waals surface area contributed by atoms with Crippen LogP contribution in [-0.2, 0) is 4.74 Å². The molecule has 1 aromatic carbocycles. The molecule has 1 aliphatic heterocycles. The average Bonchev–Trinajstić information content (AvgIpc) is 2.44. The summed E-state index contributed by atoms with van der Waals surface area (Å²) in [5.41, 5.74) is 4.79. The van der Waals surface area contributed by atoms with Crippen LogP contribution in [0.2, 0.25) is 0 Å². The second-order valence-electron chi connectivity index (χ2n) is 2.41. The Balaban J connectivity index is 2.09. The average molecular weight is 181 g/mol. The van der Waals surface area contributed by atoms with E-state index in [1.807, 2.05) is 0 Å². The summed E-state index contributed by atoms with van der Waals surface area (Å²) < 4.78 is 14.6. The quantitative estimate of drug-likeness (QED) is 0.696. The predicted octanol–water partition coefficient (Wildman–Crippen LogP) is 0.837. The fourth-order valence-corrected chi connectivity index (χ4v) is 1.02. The first-order valence-corrected chi connectivity index (χ1v) is 3.64. The molecular formula is C8H7NO4. The second kappa shape index (κ2) is 2.85. The van der Waals surface area contributed by atoms with Gasteiger partial charge in [0.1, 0.15) is 0 Å². The Morgan fingerprint density at radius 3 is 2.31 bits per heavy atom. The van der Waals surface area contributed by atoms with E-state index in [-0.39, 0.29) is 0 Å². The number of amides is 1. The standard InChI is InChI=1S/C8H7NO4/c9-7(10)13-8-11-5-3-1-2-4-6(5)12-8/h1-4,8H,(H2,9,10). The van der Waals surface area contributed by atoms with Crippen molar-refractivity contribution in [1.29, 1.82) is 0 Å². The minimum Gasteiger partial charge on any atom is -0.419 e. The summed E-state index contributed by atoms with van der Waals surface area (Å²) in [6.07, 6.45) is -0.933. The number of rotatable bonds is 1. The van der Waals surface area contributed by atoms with Crippen molar-refractivity contribution in [1.82, 2.24) is 0 Å². The van der Waals surface area contributed by atoms with Gasteiger partial charge in [-0.15, -0.1) is 0 Å². The molecule has 0 unspecified atom stereocenters. The van der Waals surface area contributed by atoms with Crippen LogP contribution in [0.4, 0.5) is 4.79 Å². The van der Waals surface area contributed by atoms with Gasteiger partial charge in [-0.3, -0.25) is 0 Å². The van der Waals surface area contributed by atoms with E-state index < -0.39 is 12.6 Å². The Hall–Kier alpha value is -1.91. The van der Waals surface area contributed by atoms with Gasteiger partial charge in [0.05, 0.1) is 0 Å². The number of carbonyl (C=O) groups is 1. The highest BCUT2D eigenvalue weighted by Gasteiger charge is 2.26. The van der Waals surface area contributed by atoms with Crippen LogP contribution in [0, 0.1) is 0 Å². The number of carbonyl (C=O) groups excluding carboxylic acids is 1. The van der Waals surface area contributed by atoms with E-state index in [2.05, 4.69) is 4.74 Å². The van der Waals surface area contributed by atoms with Crippen LogP contribution < -0.4 is 15.2 Å². The van der Waals surface area contributed by atoms with Gasteiger partial charge in [0, 0.05) is 0 Å². The zero-order valence-corrected chi connectivity index (χ0v) is 6.60. The maximum Gasteiger partial charge on any atom is 0.410 e. The monoisotopic (exact) mass is 181 g/mol. The van der Waals surface area contributed by atoms with Crippen molar-refractivity contribution in [3.05, 3.63) is 24.3 Å². The van der Waals surface area contributed by atoms with Crippen LogP contribution in [0.3, 0.4) is 0 Å². The van der Waals surface area contributed by atoms with Crippen LogP contribution in [-0.4, -0.2) is 12.6 Å². The first kappa shape index (κ1) is 7.72. The Labute approximate surface area is 74.0 Å². The lowest BCUT2D eigenvalue weighted by Gasteiger charge is -2.07. The van der Waals surface area contributed by atoms with Gasteiger partial charge in [0.2, 0.25) is 0 Å². The molecule has 0 radical (unpaired) electrons. The highest BCUT2D eigenvalue weighted by atomic mass is 16.9. The molecule has 1 amide bonds. The Kier molecular flexibility index (Phi) is 1.70. The van der Waals surface area contributed by atoms with Crippen molar-refractivity contribution < 1.29 is 19.0 Å². The van der Waals surface area contributed by atoms with Gasteiger partial charge in [-0.1, -0.05) is 12.1 Å². The van der Waals surface area contributed by atoms with Crippen LogP contribution >= 0.6 is 0 Å². The maximum atomic E-state index is 10.3. The van der Waals surface area contributed by atoms with Gasteiger partial charge < -0.3 is 19.9 Å². The third kappa shape index (κ3) is 1.48. The van der Waals surface area contributed by atoms with Crippen molar-refractivity contribution in [2.75, 3.05) is 0 Å². The molecule has 2 N–H and O–H groups in total. The molecule has 5 heteroatoms. The molecule has 13 heavy (non-hydrogen) atoms. The normalized spacial score (nSPS) is 14.2.